The van der Waals surface area contributed by atoms with E-state index in [1.165, 1.54) is 11.3 Å². The maximum absolute atomic E-state index is 12.3. The zero-order valence-electron chi connectivity index (χ0n) is 12.6. The van der Waals surface area contributed by atoms with Crippen LogP contribution in [0.2, 0.25) is 0 Å². The highest BCUT2D eigenvalue weighted by Gasteiger charge is 2.26. The first kappa shape index (κ1) is 16.9. The van der Waals surface area contributed by atoms with Crippen LogP contribution in [0.3, 0.4) is 0 Å². The van der Waals surface area contributed by atoms with Gasteiger partial charge in [-0.05, 0) is 38.4 Å². The largest absolute Gasteiger partial charge is 0.378 e. The van der Waals surface area contributed by atoms with Crippen molar-refractivity contribution >= 4 is 21.4 Å². The van der Waals surface area contributed by atoms with E-state index in [1.807, 2.05) is 13.0 Å². The summed E-state index contributed by atoms with van der Waals surface area (Å²) in [6.45, 7) is 6.94. The lowest BCUT2D eigenvalue weighted by molar-refractivity contribution is 0.107. The Morgan fingerprint density at radius 3 is 2.90 bits per heavy atom. The second-order valence-corrected chi connectivity index (χ2v) is 8.54. The lowest BCUT2D eigenvalue weighted by Gasteiger charge is -2.14. The summed E-state index contributed by atoms with van der Waals surface area (Å²) in [6, 6.07) is 3.56. The van der Waals surface area contributed by atoms with E-state index in [9.17, 15) is 8.42 Å². The number of thiophene rings is 1. The van der Waals surface area contributed by atoms with Crippen molar-refractivity contribution in [3.8, 4) is 0 Å². The minimum Gasteiger partial charge on any atom is -0.378 e. The first-order valence-electron chi connectivity index (χ1n) is 7.43. The summed E-state index contributed by atoms with van der Waals surface area (Å²) in [5, 5.41) is 3.28. The highest BCUT2D eigenvalue weighted by Crippen LogP contribution is 2.23. The lowest BCUT2D eigenvalue weighted by Crippen LogP contribution is -2.31. The van der Waals surface area contributed by atoms with Gasteiger partial charge in [-0.1, -0.05) is 6.92 Å². The van der Waals surface area contributed by atoms with Gasteiger partial charge in [-0.15, -0.1) is 11.3 Å². The molecule has 0 saturated carbocycles. The topological polar surface area (TPSA) is 67.4 Å². The minimum absolute atomic E-state index is 0.129. The molecule has 2 N–H and O–H groups in total. The molecule has 120 valence electrons. The van der Waals surface area contributed by atoms with Crippen LogP contribution in [0, 0.1) is 5.92 Å². The predicted molar refractivity (Wildman–Crippen MR) is 85.0 cm³/mol. The van der Waals surface area contributed by atoms with Crippen molar-refractivity contribution in [1.29, 1.82) is 0 Å². The van der Waals surface area contributed by atoms with Crippen LogP contribution in [-0.2, 0) is 21.3 Å². The third-order valence-corrected chi connectivity index (χ3v) is 6.70. The van der Waals surface area contributed by atoms with Crippen LogP contribution in [0.15, 0.2) is 16.3 Å². The first-order chi connectivity index (χ1) is 10.0. The molecule has 0 spiro atoms. The summed E-state index contributed by atoms with van der Waals surface area (Å²) in [6.07, 6.45) is 2.12. The van der Waals surface area contributed by atoms with E-state index in [4.69, 9.17) is 4.74 Å². The van der Waals surface area contributed by atoms with Gasteiger partial charge in [0.25, 0.3) is 0 Å². The maximum atomic E-state index is 12.3. The van der Waals surface area contributed by atoms with Crippen molar-refractivity contribution in [2.24, 2.45) is 5.92 Å². The van der Waals surface area contributed by atoms with E-state index >= 15 is 0 Å². The van der Waals surface area contributed by atoms with Gasteiger partial charge in [-0.2, -0.15) is 0 Å². The Bertz CT molecular complexity index is 542. The van der Waals surface area contributed by atoms with Gasteiger partial charge in [0.2, 0.25) is 10.0 Å². The Hall–Kier alpha value is -0.470. The molecule has 1 aliphatic rings. The monoisotopic (exact) mass is 332 g/mol. The Kier molecular flexibility index (Phi) is 6.19. The molecular weight excluding hydrogens is 308 g/mol. The zero-order chi connectivity index (χ0) is 15.3. The molecule has 1 aromatic rings. The fraction of sp³-hybridized carbons (Fsp3) is 0.714. The fourth-order valence-corrected chi connectivity index (χ4v) is 4.78. The second kappa shape index (κ2) is 7.69. The molecule has 0 aliphatic carbocycles. The van der Waals surface area contributed by atoms with E-state index < -0.39 is 10.0 Å². The van der Waals surface area contributed by atoms with Gasteiger partial charge < -0.3 is 10.1 Å². The molecule has 2 heterocycles. The Balaban J connectivity index is 1.89. The number of sulfonamides is 1. The second-order valence-electron chi connectivity index (χ2n) is 5.37. The zero-order valence-corrected chi connectivity index (χ0v) is 14.2. The molecule has 1 aliphatic heterocycles. The third kappa shape index (κ3) is 4.75. The molecule has 5 nitrogen and oxygen atoms in total. The van der Waals surface area contributed by atoms with Crippen LogP contribution in [0.25, 0.3) is 0 Å². The van der Waals surface area contributed by atoms with Crippen LogP contribution in [0.5, 0.6) is 0 Å². The fourth-order valence-electron chi connectivity index (χ4n) is 2.32. The van der Waals surface area contributed by atoms with Crippen LogP contribution in [-0.4, -0.2) is 34.2 Å². The van der Waals surface area contributed by atoms with Crippen molar-refractivity contribution < 1.29 is 13.2 Å². The van der Waals surface area contributed by atoms with Crippen molar-refractivity contribution in [3.05, 3.63) is 17.0 Å². The molecule has 1 saturated heterocycles. The predicted octanol–water partition coefficient (Wildman–Crippen LogP) is 1.95. The molecule has 2 rings (SSSR count). The molecule has 1 fully saturated rings. The molecule has 0 aromatic carbocycles. The summed E-state index contributed by atoms with van der Waals surface area (Å²) in [4.78, 5) is 1.04. The number of hydrogen-bond acceptors (Lipinski definition) is 5. The van der Waals surface area contributed by atoms with Crippen molar-refractivity contribution in [3.63, 3.8) is 0 Å². The van der Waals surface area contributed by atoms with E-state index in [-0.39, 0.29) is 12.0 Å². The van der Waals surface area contributed by atoms with Gasteiger partial charge in [0.05, 0.1) is 6.10 Å². The summed E-state index contributed by atoms with van der Waals surface area (Å²) < 4.78 is 33.1. The van der Waals surface area contributed by atoms with E-state index in [0.29, 0.717) is 10.8 Å². The number of ether oxygens (including phenoxy) is 1. The highest BCUT2D eigenvalue weighted by atomic mass is 32.2. The number of rotatable bonds is 8. The summed E-state index contributed by atoms with van der Waals surface area (Å²) in [5.41, 5.74) is 0. The van der Waals surface area contributed by atoms with Gasteiger partial charge in [0, 0.05) is 30.5 Å². The molecule has 1 aromatic heterocycles. The van der Waals surface area contributed by atoms with Crippen molar-refractivity contribution in [1.82, 2.24) is 10.0 Å². The molecular formula is C14H24N2O3S2. The van der Waals surface area contributed by atoms with Crippen LogP contribution < -0.4 is 10.0 Å². The molecule has 2 unspecified atom stereocenters. The summed E-state index contributed by atoms with van der Waals surface area (Å²) in [7, 11) is -3.40. The standard InChI is InChI=1S/C14H24N2O3S2/c1-3-7-15-10-13-4-5-14(20-13)21(17,18)16-9-12-6-8-19-11(12)2/h4-5,11-12,15-16H,3,6-10H2,1-2H3. The number of nitrogens with one attached hydrogen (secondary N) is 2. The summed E-state index contributed by atoms with van der Waals surface area (Å²) >= 11 is 1.33. The maximum Gasteiger partial charge on any atom is 0.250 e. The van der Waals surface area contributed by atoms with Gasteiger partial charge >= 0.3 is 0 Å². The summed E-state index contributed by atoms with van der Waals surface area (Å²) in [5.74, 6) is 0.269. The Morgan fingerprint density at radius 1 is 1.43 bits per heavy atom. The third-order valence-electron chi connectivity index (χ3n) is 3.70. The SMILES string of the molecule is CCCNCc1ccc(S(=O)(=O)NCC2CCOC2C)s1. The molecule has 2 atom stereocenters. The average molecular weight is 332 g/mol. The van der Waals surface area contributed by atoms with E-state index in [1.54, 1.807) is 6.07 Å². The number of hydrogen-bond donors (Lipinski definition) is 2. The van der Waals surface area contributed by atoms with Crippen LogP contribution in [0.4, 0.5) is 0 Å². The van der Waals surface area contributed by atoms with Crippen molar-refractivity contribution in [2.45, 2.75) is 43.5 Å². The average Bonchev–Trinajstić information content (AvgIpc) is 3.06. The van der Waals surface area contributed by atoms with Crippen molar-refractivity contribution in [2.75, 3.05) is 19.7 Å². The molecule has 0 radical (unpaired) electrons. The molecule has 7 heteroatoms. The molecule has 0 amide bonds. The first-order valence-corrected chi connectivity index (χ1v) is 9.73. The van der Waals surface area contributed by atoms with Crippen LogP contribution in [0.1, 0.15) is 31.6 Å². The molecule has 21 heavy (non-hydrogen) atoms. The quantitative estimate of drug-likeness (QED) is 0.714. The Morgan fingerprint density at radius 2 is 2.24 bits per heavy atom. The minimum atomic E-state index is -3.40. The normalized spacial score (nSPS) is 22.8. The Labute approximate surface area is 131 Å². The lowest BCUT2D eigenvalue weighted by atomic mass is 10.0. The molecule has 0 bridgehead atoms. The smallest absolute Gasteiger partial charge is 0.250 e. The van der Waals surface area contributed by atoms with Gasteiger partial charge in [-0.3, -0.25) is 0 Å². The highest BCUT2D eigenvalue weighted by molar-refractivity contribution is 7.91. The van der Waals surface area contributed by atoms with E-state index in [0.717, 1.165) is 37.4 Å². The van der Waals surface area contributed by atoms with Gasteiger partial charge in [-0.25, -0.2) is 13.1 Å². The van der Waals surface area contributed by atoms with Crippen LogP contribution >= 0.6 is 11.3 Å². The van der Waals surface area contributed by atoms with Gasteiger partial charge in [0.15, 0.2) is 0 Å². The van der Waals surface area contributed by atoms with Gasteiger partial charge in [0.1, 0.15) is 4.21 Å². The van der Waals surface area contributed by atoms with E-state index in [2.05, 4.69) is 17.0 Å².